The molecule has 0 atom stereocenters. The van der Waals surface area contributed by atoms with Crippen molar-refractivity contribution in [2.75, 3.05) is 22.7 Å². The Hall–Kier alpha value is -2.80. The highest BCUT2D eigenvalue weighted by Gasteiger charge is 2.38. The van der Waals surface area contributed by atoms with Crippen LogP contribution in [0.3, 0.4) is 0 Å². The van der Waals surface area contributed by atoms with Gasteiger partial charge in [-0.1, -0.05) is 25.3 Å². The summed E-state index contributed by atoms with van der Waals surface area (Å²) in [4.78, 5) is 22.8. The maximum atomic E-state index is 12.4. The van der Waals surface area contributed by atoms with Crippen molar-refractivity contribution in [3.63, 3.8) is 0 Å². The third-order valence-corrected chi connectivity index (χ3v) is 7.46. The van der Waals surface area contributed by atoms with E-state index in [2.05, 4.69) is 9.62 Å². The molecule has 0 bridgehead atoms. The van der Waals surface area contributed by atoms with Crippen molar-refractivity contribution in [2.45, 2.75) is 42.5 Å². The number of benzene rings is 1. The summed E-state index contributed by atoms with van der Waals surface area (Å²) < 4.78 is 59.1. The Bertz CT molecular complexity index is 1050. The largest absolute Gasteiger partial charge is 0.490 e. The van der Waals surface area contributed by atoms with E-state index in [4.69, 9.17) is 9.90 Å². The molecule has 1 aromatic heterocycles. The molecular formula is C20H23F3N2O6S2. The first-order valence-corrected chi connectivity index (χ1v) is 12.3. The Balaban J connectivity index is 0.000000479. The zero-order valence-corrected chi connectivity index (χ0v) is 19.0. The second-order valence-electron chi connectivity index (χ2n) is 7.13. The van der Waals surface area contributed by atoms with Gasteiger partial charge in [0.15, 0.2) is 0 Å². The highest BCUT2D eigenvalue weighted by atomic mass is 32.2. The zero-order valence-electron chi connectivity index (χ0n) is 17.3. The number of carbonyl (C=O) groups is 2. The average molecular weight is 509 g/mol. The smallest absolute Gasteiger partial charge is 0.478 e. The summed E-state index contributed by atoms with van der Waals surface area (Å²) in [5, 5.41) is 18.4. The zero-order chi connectivity index (χ0) is 24.6. The van der Waals surface area contributed by atoms with Crippen LogP contribution in [0.5, 0.6) is 0 Å². The summed E-state index contributed by atoms with van der Waals surface area (Å²) in [7, 11) is -3.70. The van der Waals surface area contributed by atoms with Crippen molar-refractivity contribution in [3.8, 4) is 0 Å². The number of halogens is 3. The maximum absolute atomic E-state index is 12.4. The standard InChI is InChI=1S/C18H22N2O4S2.C2HF3O2/c21-18(22)15-13-14(19-26(23,24)17-7-6-12-25-17)8-9-16(15)20-10-4-2-1-3-5-11-20;3-2(4,5)1(6)7/h6-9,12-13,19H,1-5,10-11H2,(H,21,22);(H,6,7). The van der Waals surface area contributed by atoms with Gasteiger partial charge in [-0.15, -0.1) is 11.3 Å². The van der Waals surface area contributed by atoms with Gasteiger partial charge in [-0.3, -0.25) is 4.72 Å². The molecule has 1 fully saturated rings. The maximum Gasteiger partial charge on any atom is 0.490 e. The van der Waals surface area contributed by atoms with E-state index in [-0.39, 0.29) is 15.5 Å². The lowest BCUT2D eigenvalue weighted by molar-refractivity contribution is -0.192. The molecule has 0 amide bonds. The number of thiophene rings is 1. The molecule has 0 radical (unpaired) electrons. The lowest BCUT2D eigenvalue weighted by Gasteiger charge is -2.28. The highest BCUT2D eigenvalue weighted by Crippen LogP contribution is 2.28. The predicted octanol–water partition coefficient (Wildman–Crippen LogP) is 4.65. The quantitative estimate of drug-likeness (QED) is 0.537. The van der Waals surface area contributed by atoms with Crippen LogP contribution < -0.4 is 9.62 Å². The molecular weight excluding hydrogens is 485 g/mol. The number of alkyl halides is 3. The molecule has 13 heteroatoms. The molecule has 1 aliphatic rings. The van der Waals surface area contributed by atoms with E-state index in [1.54, 1.807) is 23.6 Å². The van der Waals surface area contributed by atoms with Crippen molar-refractivity contribution in [2.24, 2.45) is 0 Å². The lowest BCUT2D eigenvalue weighted by Crippen LogP contribution is -2.28. The summed E-state index contributed by atoms with van der Waals surface area (Å²) in [6, 6.07) is 7.91. The van der Waals surface area contributed by atoms with Gasteiger partial charge in [-0.25, -0.2) is 18.0 Å². The molecule has 8 nitrogen and oxygen atoms in total. The van der Waals surface area contributed by atoms with Crippen LogP contribution in [0.2, 0.25) is 0 Å². The Morgan fingerprint density at radius 2 is 1.58 bits per heavy atom. The van der Waals surface area contributed by atoms with Gasteiger partial charge in [0, 0.05) is 18.8 Å². The number of carboxylic acid groups (broad SMARTS) is 2. The van der Waals surface area contributed by atoms with Gasteiger partial charge in [0.25, 0.3) is 10.0 Å². The van der Waals surface area contributed by atoms with Crippen LogP contribution >= 0.6 is 11.3 Å². The van der Waals surface area contributed by atoms with Gasteiger partial charge in [-0.2, -0.15) is 13.2 Å². The summed E-state index contributed by atoms with van der Waals surface area (Å²) in [6.07, 6.45) is 0.510. The molecule has 1 aromatic carbocycles. The number of hydrogen-bond acceptors (Lipinski definition) is 6. The summed E-state index contributed by atoms with van der Waals surface area (Å²) >= 11 is 1.11. The van der Waals surface area contributed by atoms with Gasteiger partial charge >= 0.3 is 18.1 Å². The van der Waals surface area contributed by atoms with E-state index < -0.39 is 28.1 Å². The second-order valence-corrected chi connectivity index (χ2v) is 9.99. The average Bonchev–Trinajstić information content (AvgIpc) is 3.23. The predicted molar refractivity (Wildman–Crippen MR) is 118 cm³/mol. The molecule has 0 unspecified atom stereocenters. The van der Waals surface area contributed by atoms with Crippen LogP contribution in [0.4, 0.5) is 24.5 Å². The van der Waals surface area contributed by atoms with E-state index >= 15 is 0 Å². The molecule has 0 saturated carbocycles. The first kappa shape index (κ1) is 26.5. The molecule has 2 aromatic rings. The lowest BCUT2D eigenvalue weighted by atomic mass is 10.1. The molecule has 182 valence electrons. The van der Waals surface area contributed by atoms with Crippen LogP contribution in [-0.4, -0.2) is 49.8 Å². The number of anilines is 2. The SMILES string of the molecule is O=C(O)C(F)(F)F.O=C(O)c1cc(NS(=O)(=O)c2cccs2)ccc1N1CCCCCCC1. The third-order valence-electron chi connectivity index (χ3n) is 4.68. The highest BCUT2D eigenvalue weighted by molar-refractivity contribution is 7.94. The monoisotopic (exact) mass is 508 g/mol. The van der Waals surface area contributed by atoms with E-state index in [1.807, 2.05) is 0 Å². The van der Waals surface area contributed by atoms with Crippen LogP contribution in [-0.2, 0) is 14.8 Å². The van der Waals surface area contributed by atoms with E-state index in [0.29, 0.717) is 5.69 Å². The molecule has 33 heavy (non-hydrogen) atoms. The van der Waals surface area contributed by atoms with E-state index in [9.17, 15) is 31.5 Å². The van der Waals surface area contributed by atoms with Crippen LogP contribution in [0.25, 0.3) is 0 Å². The number of hydrogen-bond donors (Lipinski definition) is 3. The minimum atomic E-state index is -5.08. The van der Waals surface area contributed by atoms with Gasteiger partial charge in [0.2, 0.25) is 0 Å². The van der Waals surface area contributed by atoms with Crippen LogP contribution in [0, 0.1) is 0 Å². The number of aromatic carboxylic acids is 1. The minimum absolute atomic E-state index is 0.122. The molecule has 0 spiro atoms. The summed E-state index contributed by atoms with van der Waals surface area (Å²) in [5.74, 6) is -3.81. The second kappa shape index (κ2) is 11.4. The molecule has 3 rings (SSSR count). The van der Waals surface area contributed by atoms with Crippen molar-refractivity contribution < 1.29 is 41.4 Å². The van der Waals surface area contributed by atoms with Crippen molar-refractivity contribution in [1.29, 1.82) is 0 Å². The van der Waals surface area contributed by atoms with Crippen molar-refractivity contribution >= 4 is 44.7 Å². The summed E-state index contributed by atoms with van der Waals surface area (Å²) in [6.45, 7) is 1.64. The molecule has 1 aliphatic heterocycles. The number of nitrogens with zero attached hydrogens (tertiary/aromatic N) is 1. The normalized spacial score (nSPS) is 14.9. The Morgan fingerprint density at radius 3 is 2.06 bits per heavy atom. The van der Waals surface area contributed by atoms with Crippen molar-refractivity contribution in [3.05, 3.63) is 41.3 Å². The topological polar surface area (TPSA) is 124 Å². The van der Waals surface area contributed by atoms with E-state index in [1.165, 1.54) is 18.6 Å². The van der Waals surface area contributed by atoms with Crippen LogP contribution in [0.1, 0.15) is 42.5 Å². The fourth-order valence-corrected chi connectivity index (χ4v) is 5.20. The fraction of sp³-hybridized carbons (Fsp3) is 0.400. The number of aliphatic carboxylic acids is 1. The minimum Gasteiger partial charge on any atom is -0.478 e. The fourth-order valence-electron chi connectivity index (χ4n) is 3.16. The molecule has 3 N–H and O–H groups in total. The first-order valence-electron chi connectivity index (χ1n) is 9.90. The molecule has 0 aliphatic carbocycles. The Kier molecular flexibility index (Phi) is 9.11. The summed E-state index contributed by atoms with van der Waals surface area (Å²) in [5.41, 5.74) is 1.03. The number of carboxylic acids is 2. The number of nitrogens with one attached hydrogen (secondary N) is 1. The Morgan fingerprint density at radius 1 is 1.00 bits per heavy atom. The van der Waals surface area contributed by atoms with Crippen LogP contribution in [0.15, 0.2) is 39.9 Å². The third kappa shape index (κ3) is 7.93. The van der Waals surface area contributed by atoms with E-state index in [0.717, 1.165) is 50.1 Å². The Labute approximate surface area is 192 Å². The number of sulfonamides is 1. The van der Waals surface area contributed by atoms with Gasteiger partial charge in [0.05, 0.1) is 11.3 Å². The van der Waals surface area contributed by atoms with Gasteiger partial charge < -0.3 is 15.1 Å². The number of rotatable bonds is 5. The first-order chi connectivity index (χ1) is 15.4. The van der Waals surface area contributed by atoms with Crippen molar-refractivity contribution in [1.82, 2.24) is 0 Å². The molecule has 2 heterocycles. The van der Waals surface area contributed by atoms with Gasteiger partial charge in [-0.05, 0) is 42.5 Å². The van der Waals surface area contributed by atoms with Gasteiger partial charge in [0.1, 0.15) is 4.21 Å². The molecule has 1 saturated heterocycles.